The average Bonchev–Trinajstić information content (AvgIpc) is 2.39. The molecule has 2 atom stereocenters. The van der Waals surface area contributed by atoms with Crippen molar-refractivity contribution in [1.82, 2.24) is 0 Å². The summed E-state index contributed by atoms with van der Waals surface area (Å²) in [5.74, 6) is -0.0475. The van der Waals surface area contributed by atoms with E-state index in [1.54, 1.807) is 7.11 Å². The minimum absolute atomic E-state index is 0.0475. The highest BCUT2D eigenvalue weighted by Gasteiger charge is 2.37. The van der Waals surface area contributed by atoms with Gasteiger partial charge in [-0.3, -0.25) is 0 Å². The molecule has 0 aromatic heterocycles. The summed E-state index contributed by atoms with van der Waals surface area (Å²) < 4.78 is 5.40. The van der Waals surface area contributed by atoms with Crippen LogP contribution in [0.2, 0.25) is 0 Å². The zero-order valence-electron chi connectivity index (χ0n) is 9.13. The second-order valence-electron chi connectivity index (χ2n) is 3.74. The fourth-order valence-corrected chi connectivity index (χ4v) is 1.99. The van der Waals surface area contributed by atoms with Crippen LogP contribution < -0.4 is 0 Å². The second kappa shape index (κ2) is 4.34. The molecule has 0 fully saturated rings. The van der Waals surface area contributed by atoms with E-state index in [1.165, 1.54) is 0 Å². The Morgan fingerprint density at radius 1 is 1.25 bits per heavy atom. The van der Waals surface area contributed by atoms with Crippen molar-refractivity contribution in [3.8, 4) is 6.07 Å². The summed E-state index contributed by atoms with van der Waals surface area (Å²) in [7, 11) is 1.57. The zero-order chi connectivity index (χ0) is 11.4. The van der Waals surface area contributed by atoms with Crippen LogP contribution in [0.1, 0.15) is 11.5 Å². The highest BCUT2D eigenvalue weighted by Crippen LogP contribution is 2.35. The molecule has 2 rings (SSSR count). The lowest BCUT2D eigenvalue weighted by atomic mass is 9.80. The predicted octanol–water partition coefficient (Wildman–Crippen LogP) is 2.80. The molecule has 1 aromatic carbocycles. The Bertz CT molecular complexity index is 455. The molecule has 0 amide bonds. The molecule has 0 saturated carbocycles. The molecular formula is C14H13NO. The van der Waals surface area contributed by atoms with Crippen molar-refractivity contribution in [1.29, 1.82) is 5.26 Å². The molecular weight excluding hydrogens is 198 g/mol. The first-order chi connectivity index (χ1) is 7.82. The third kappa shape index (κ3) is 1.66. The van der Waals surface area contributed by atoms with Crippen LogP contribution in [0.4, 0.5) is 0 Å². The fourth-order valence-electron chi connectivity index (χ4n) is 1.99. The molecule has 16 heavy (non-hydrogen) atoms. The van der Waals surface area contributed by atoms with Gasteiger partial charge < -0.3 is 4.74 Å². The van der Waals surface area contributed by atoms with Gasteiger partial charge in [0.25, 0.3) is 0 Å². The van der Waals surface area contributed by atoms with Gasteiger partial charge in [-0.1, -0.05) is 48.6 Å². The Balaban J connectivity index is 2.44. The lowest BCUT2D eigenvalue weighted by molar-refractivity contribution is 0.0674. The number of methoxy groups -OCH3 is 1. The fraction of sp³-hybridized carbons (Fsp3) is 0.214. The van der Waals surface area contributed by atoms with Gasteiger partial charge in [0.05, 0.1) is 0 Å². The molecule has 2 heteroatoms. The van der Waals surface area contributed by atoms with Crippen molar-refractivity contribution in [3.05, 3.63) is 60.2 Å². The van der Waals surface area contributed by atoms with Crippen molar-refractivity contribution in [2.24, 2.45) is 0 Å². The van der Waals surface area contributed by atoms with E-state index in [9.17, 15) is 5.26 Å². The summed E-state index contributed by atoms with van der Waals surface area (Å²) >= 11 is 0. The largest absolute Gasteiger partial charge is 0.359 e. The molecule has 2 nitrogen and oxygen atoms in total. The SMILES string of the molecule is COC1(C#N)C=CC=CC1c1ccccc1. The monoisotopic (exact) mass is 211 g/mol. The molecule has 0 N–H and O–H groups in total. The predicted molar refractivity (Wildman–Crippen MR) is 62.8 cm³/mol. The molecule has 1 aliphatic rings. The maximum Gasteiger partial charge on any atom is 0.182 e. The van der Waals surface area contributed by atoms with Crippen LogP contribution in [0, 0.1) is 11.3 Å². The number of allylic oxidation sites excluding steroid dienone is 2. The van der Waals surface area contributed by atoms with Crippen LogP contribution in [0.25, 0.3) is 0 Å². The average molecular weight is 211 g/mol. The number of ether oxygens (including phenoxy) is 1. The van der Waals surface area contributed by atoms with Crippen LogP contribution in [-0.2, 0) is 4.74 Å². The van der Waals surface area contributed by atoms with Gasteiger partial charge in [0.1, 0.15) is 6.07 Å². The Hall–Kier alpha value is -1.85. The maximum atomic E-state index is 9.31. The van der Waals surface area contributed by atoms with Gasteiger partial charge in [0, 0.05) is 13.0 Å². The minimum Gasteiger partial charge on any atom is -0.359 e. The lowest BCUT2D eigenvalue weighted by Crippen LogP contribution is -2.35. The molecule has 0 aliphatic heterocycles. The van der Waals surface area contributed by atoms with Crippen molar-refractivity contribution in [2.75, 3.05) is 7.11 Å². The highest BCUT2D eigenvalue weighted by molar-refractivity contribution is 5.40. The quantitative estimate of drug-likeness (QED) is 0.753. The number of nitriles is 1. The van der Waals surface area contributed by atoms with E-state index in [1.807, 2.05) is 54.6 Å². The Labute approximate surface area is 95.5 Å². The van der Waals surface area contributed by atoms with Gasteiger partial charge in [0.2, 0.25) is 0 Å². The molecule has 1 aliphatic carbocycles. The van der Waals surface area contributed by atoms with E-state index in [0.717, 1.165) is 5.56 Å². The van der Waals surface area contributed by atoms with Crippen LogP contribution in [0.3, 0.4) is 0 Å². The first-order valence-electron chi connectivity index (χ1n) is 5.20. The smallest absolute Gasteiger partial charge is 0.182 e. The van der Waals surface area contributed by atoms with Gasteiger partial charge in [-0.05, 0) is 11.6 Å². The third-order valence-electron chi connectivity index (χ3n) is 2.89. The Morgan fingerprint density at radius 3 is 2.62 bits per heavy atom. The van der Waals surface area contributed by atoms with E-state index in [0.29, 0.717) is 0 Å². The van der Waals surface area contributed by atoms with Gasteiger partial charge in [-0.15, -0.1) is 0 Å². The van der Waals surface area contributed by atoms with E-state index < -0.39 is 5.60 Å². The van der Waals surface area contributed by atoms with E-state index in [2.05, 4.69) is 6.07 Å². The molecule has 1 aromatic rings. The van der Waals surface area contributed by atoms with Crippen molar-refractivity contribution >= 4 is 0 Å². The minimum atomic E-state index is -0.879. The number of benzene rings is 1. The van der Waals surface area contributed by atoms with Crippen molar-refractivity contribution in [2.45, 2.75) is 11.5 Å². The Morgan fingerprint density at radius 2 is 2.00 bits per heavy atom. The van der Waals surface area contributed by atoms with E-state index >= 15 is 0 Å². The normalized spacial score (nSPS) is 27.6. The van der Waals surface area contributed by atoms with Crippen LogP contribution >= 0.6 is 0 Å². The number of hydrogen-bond donors (Lipinski definition) is 0. The van der Waals surface area contributed by atoms with Crippen LogP contribution in [0.5, 0.6) is 0 Å². The summed E-state index contributed by atoms with van der Waals surface area (Å²) in [6.07, 6.45) is 7.62. The number of hydrogen-bond acceptors (Lipinski definition) is 2. The van der Waals surface area contributed by atoms with Crippen molar-refractivity contribution < 1.29 is 4.74 Å². The molecule has 0 spiro atoms. The standard InChI is InChI=1S/C14H13NO/c1-16-14(11-15)10-6-5-9-13(14)12-7-3-2-4-8-12/h2-10,13H,1H3. The van der Waals surface area contributed by atoms with Crippen LogP contribution in [0.15, 0.2) is 54.6 Å². The van der Waals surface area contributed by atoms with Gasteiger partial charge >= 0.3 is 0 Å². The first-order valence-corrected chi connectivity index (χ1v) is 5.20. The highest BCUT2D eigenvalue weighted by atomic mass is 16.5. The summed E-state index contributed by atoms with van der Waals surface area (Å²) in [5, 5.41) is 9.31. The van der Waals surface area contributed by atoms with Gasteiger partial charge in [-0.2, -0.15) is 5.26 Å². The third-order valence-corrected chi connectivity index (χ3v) is 2.89. The summed E-state index contributed by atoms with van der Waals surface area (Å²) in [6, 6.07) is 12.2. The van der Waals surface area contributed by atoms with Crippen molar-refractivity contribution in [3.63, 3.8) is 0 Å². The molecule has 0 bridgehead atoms. The Kier molecular flexibility index (Phi) is 2.89. The summed E-state index contributed by atoms with van der Waals surface area (Å²) in [5.41, 5.74) is 0.210. The maximum absolute atomic E-state index is 9.31. The van der Waals surface area contributed by atoms with Gasteiger partial charge in [0.15, 0.2) is 5.60 Å². The summed E-state index contributed by atoms with van der Waals surface area (Å²) in [4.78, 5) is 0. The number of nitrogens with zero attached hydrogens (tertiary/aromatic N) is 1. The lowest BCUT2D eigenvalue weighted by Gasteiger charge is -2.31. The second-order valence-corrected chi connectivity index (χ2v) is 3.74. The molecule has 0 saturated heterocycles. The zero-order valence-corrected chi connectivity index (χ0v) is 9.13. The molecule has 0 radical (unpaired) electrons. The van der Waals surface area contributed by atoms with Gasteiger partial charge in [-0.25, -0.2) is 0 Å². The van der Waals surface area contributed by atoms with E-state index in [-0.39, 0.29) is 5.92 Å². The first kappa shape index (κ1) is 10.7. The van der Waals surface area contributed by atoms with E-state index in [4.69, 9.17) is 4.74 Å². The summed E-state index contributed by atoms with van der Waals surface area (Å²) in [6.45, 7) is 0. The topological polar surface area (TPSA) is 33.0 Å². The number of rotatable bonds is 2. The van der Waals surface area contributed by atoms with Crippen LogP contribution in [-0.4, -0.2) is 12.7 Å². The molecule has 0 heterocycles. The molecule has 2 unspecified atom stereocenters. The molecule has 80 valence electrons.